The third kappa shape index (κ3) is 5.35. The zero-order valence-corrected chi connectivity index (χ0v) is 25.5. The molecule has 7 rings (SSSR count). The van der Waals surface area contributed by atoms with Gasteiger partial charge in [-0.05, 0) is 97.6 Å². The highest BCUT2D eigenvalue weighted by Crippen LogP contribution is 2.42. The van der Waals surface area contributed by atoms with Crippen LogP contribution in [0.2, 0.25) is 0 Å². The molecule has 1 saturated heterocycles. The number of nitrogens with zero attached hydrogens (tertiary/aromatic N) is 2. The molecule has 1 aromatic heterocycles. The maximum Gasteiger partial charge on any atom is 0.195 e. The minimum atomic E-state index is 0.00564. The summed E-state index contributed by atoms with van der Waals surface area (Å²) >= 11 is 0. The number of piperidine rings is 1. The predicted molar refractivity (Wildman–Crippen MR) is 175 cm³/mol. The molecule has 0 atom stereocenters. The van der Waals surface area contributed by atoms with Crippen molar-refractivity contribution >= 4 is 16.7 Å². The first-order valence-electron chi connectivity index (χ1n) is 15.6. The number of aromatic nitrogens is 1. The van der Waals surface area contributed by atoms with Gasteiger partial charge in [-0.2, -0.15) is 0 Å². The summed E-state index contributed by atoms with van der Waals surface area (Å²) in [4.78, 5) is 17.0. The molecule has 5 aromatic rings. The van der Waals surface area contributed by atoms with Gasteiger partial charge in [0.2, 0.25) is 0 Å². The maximum absolute atomic E-state index is 14.5. The van der Waals surface area contributed by atoms with E-state index in [0.717, 1.165) is 88.7 Å². The van der Waals surface area contributed by atoms with Gasteiger partial charge in [0.05, 0.1) is 25.5 Å². The standard InChI is InChI=1S/C38H38N2O4/c1-42-30-12-9-26(10-13-30)27-11-15-34-35(25-27)40-20-17-28-23-31(43-2)14-16-33(28)37(40)36(34)38(41)29-7-6-8-32(24-29)44-22-21-39-18-4-3-5-19-39/h6-16,23-25H,3-5,17-22H2,1-2H3. The second-order valence-corrected chi connectivity index (χ2v) is 11.7. The van der Waals surface area contributed by atoms with Crippen molar-refractivity contribution in [2.45, 2.75) is 32.2 Å². The molecule has 0 N–H and O–H groups in total. The van der Waals surface area contributed by atoms with Crippen molar-refractivity contribution in [3.63, 3.8) is 0 Å². The number of ether oxygens (including phenoxy) is 3. The molecule has 44 heavy (non-hydrogen) atoms. The van der Waals surface area contributed by atoms with E-state index in [9.17, 15) is 4.79 Å². The van der Waals surface area contributed by atoms with E-state index in [0.29, 0.717) is 12.2 Å². The molecule has 6 nitrogen and oxygen atoms in total. The first kappa shape index (κ1) is 28.2. The van der Waals surface area contributed by atoms with E-state index in [2.05, 4.69) is 51.9 Å². The normalized spacial score (nSPS) is 14.6. The maximum atomic E-state index is 14.5. The molecule has 0 radical (unpaired) electrons. The van der Waals surface area contributed by atoms with E-state index in [1.807, 2.05) is 42.5 Å². The van der Waals surface area contributed by atoms with E-state index in [1.165, 1.54) is 24.8 Å². The van der Waals surface area contributed by atoms with E-state index < -0.39 is 0 Å². The van der Waals surface area contributed by atoms with Crippen LogP contribution in [0.3, 0.4) is 0 Å². The van der Waals surface area contributed by atoms with Crippen LogP contribution in [0.4, 0.5) is 0 Å². The monoisotopic (exact) mass is 586 g/mol. The first-order valence-corrected chi connectivity index (χ1v) is 15.6. The summed E-state index contributed by atoms with van der Waals surface area (Å²) < 4.78 is 19.4. The summed E-state index contributed by atoms with van der Waals surface area (Å²) in [7, 11) is 3.37. The Kier molecular flexibility index (Phi) is 7.84. The molecule has 0 aliphatic carbocycles. The number of benzene rings is 4. The minimum absolute atomic E-state index is 0.00564. The molecular formula is C38H38N2O4. The van der Waals surface area contributed by atoms with Gasteiger partial charge < -0.3 is 18.8 Å². The summed E-state index contributed by atoms with van der Waals surface area (Å²) in [5, 5.41) is 0.961. The van der Waals surface area contributed by atoms with Crippen LogP contribution in [0.1, 0.15) is 40.7 Å². The third-order valence-electron chi connectivity index (χ3n) is 9.11. The molecule has 1 fully saturated rings. The second-order valence-electron chi connectivity index (χ2n) is 11.7. The van der Waals surface area contributed by atoms with Crippen LogP contribution in [0.5, 0.6) is 17.2 Å². The molecule has 3 heterocycles. The van der Waals surface area contributed by atoms with Gasteiger partial charge in [-0.15, -0.1) is 0 Å². The predicted octanol–water partition coefficient (Wildman–Crippen LogP) is 7.64. The smallest absolute Gasteiger partial charge is 0.195 e. The quantitative estimate of drug-likeness (QED) is 0.166. The number of carbonyl (C=O) groups is 1. The van der Waals surface area contributed by atoms with E-state index >= 15 is 0 Å². The Labute approximate surface area is 258 Å². The highest BCUT2D eigenvalue weighted by molar-refractivity contribution is 6.21. The van der Waals surface area contributed by atoms with Gasteiger partial charge >= 0.3 is 0 Å². The lowest BCUT2D eigenvalue weighted by atomic mass is 9.92. The lowest BCUT2D eigenvalue weighted by Gasteiger charge is -2.26. The average Bonchev–Trinajstić information content (AvgIpc) is 3.42. The highest BCUT2D eigenvalue weighted by Gasteiger charge is 2.29. The second kappa shape index (κ2) is 12.2. The Hall–Kier alpha value is -4.55. The van der Waals surface area contributed by atoms with Gasteiger partial charge in [-0.25, -0.2) is 0 Å². The van der Waals surface area contributed by atoms with Crippen molar-refractivity contribution in [2.24, 2.45) is 0 Å². The van der Waals surface area contributed by atoms with Crippen molar-refractivity contribution in [3.8, 4) is 39.6 Å². The number of fused-ring (bicyclic) bond motifs is 5. The number of hydrogen-bond donors (Lipinski definition) is 0. The van der Waals surface area contributed by atoms with Gasteiger partial charge in [0.15, 0.2) is 5.78 Å². The van der Waals surface area contributed by atoms with Crippen LogP contribution in [0.25, 0.3) is 33.3 Å². The Balaban J connectivity index is 1.28. The van der Waals surface area contributed by atoms with Crippen LogP contribution >= 0.6 is 0 Å². The van der Waals surface area contributed by atoms with E-state index in [1.54, 1.807) is 14.2 Å². The molecule has 2 aliphatic rings. The molecule has 224 valence electrons. The summed E-state index contributed by atoms with van der Waals surface area (Å²) in [5.41, 5.74) is 7.88. The molecule has 2 aliphatic heterocycles. The average molecular weight is 587 g/mol. The Morgan fingerprint density at radius 3 is 2.32 bits per heavy atom. The fourth-order valence-electron chi connectivity index (χ4n) is 6.77. The number of likely N-dealkylation sites (tertiary alicyclic amines) is 1. The molecule has 0 bridgehead atoms. The summed E-state index contributed by atoms with van der Waals surface area (Å²) in [6.07, 6.45) is 4.71. The Morgan fingerprint density at radius 1 is 0.750 bits per heavy atom. The number of aryl methyl sites for hydroxylation is 2. The number of carbonyl (C=O) groups excluding carboxylic acids is 1. The van der Waals surface area contributed by atoms with Crippen molar-refractivity contribution < 1.29 is 19.0 Å². The zero-order valence-electron chi connectivity index (χ0n) is 25.5. The van der Waals surface area contributed by atoms with Crippen molar-refractivity contribution in [2.75, 3.05) is 40.5 Å². The molecular weight excluding hydrogens is 548 g/mol. The Bertz CT molecular complexity index is 1820. The molecule has 0 unspecified atom stereocenters. The van der Waals surface area contributed by atoms with Crippen LogP contribution in [0, 0.1) is 0 Å². The van der Waals surface area contributed by atoms with Gasteiger partial charge in [0.1, 0.15) is 23.9 Å². The lowest BCUT2D eigenvalue weighted by molar-refractivity contribution is 0.104. The van der Waals surface area contributed by atoms with Crippen molar-refractivity contribution in [1.29, 1.82) is 0 Å². The number of methoxy groups -OCH3 is 2. The van der Waals surface area contributed by atoms with Crippen molar-refractivity contribution in [3.05, 3.63) is 102 Å². The Morgan fingerprint density at radius 2 is 1.52 bits per heavy atom. The number of hydrogen-bond acceptors (Lipinski definition) is 5. The lowest BCUT2D eigenvalue weighted by Crippen LogP contribution is -2.33. The van der Waals surface area contributed by atoms with Crippen LogP contribution in [-0.4, -0.2) is 55.7 Å². The van der Waals surface area contributed by atoms with Gasteiger partial charge in [-0.3, -0.25) is 9.69 Å². The summed E-state index contributed by atoms with van der Waals surface area (Å²) in [6, 6.07) is 28.4. The van der Waals surface area contributed by atoms with Gasteiger partial charge in [0.25, 0.3) is 0 Å². The van der Waals surface area contributed by atoms with Gasteiger partial charge in [-0.1, -0.05) is 42.8 Å². The van der Waals surface area contributed by atoms with Crippen LogP contribution < -0.4 is 14.2 Å². The third-order valence-corrected chi connectivity index (χ3v) is 9.11. The SMILES string of the molecule is COc1ccc(-c2ccc3c(C(=O)c4cccc(OCCN5CCCCC5)c4)c4n(c3c2)CCc2cc(OC)ccc2-4)cc1. The summed E-state index contributed by atoms with van der Waals surface area (Å²) in [5.74, 6) is 2.40. The molecule has 0 saturated carbocycles. The summed E-state index contributed by atoms with van der Waals surface area (Å²) in [6.45, 7) is 4.59. The largest absolute Gasteiger partial charge is 0.497 e. The molecule has 4 aromatic carbocycles. The van der Waals surface area contributed by atoms with Gasteiger partial charge in [0, 0.05) is 35.1 Å². The fraction of sp³-hybridized carbons (Fsp3) is 0.289. The van der Waals surface area contributed by atoms with E-state index in [4.69, 9.17) is 14.2 Å². The first-order chi connectivity index (χ1) is 21.6. The van der Waals surface area contributed by atoms with E-state index in [-0.39, 0.29) is 5.78 Å². The van der Waals surface area contributed by atoms with Crippen LogP contribution in [0.15, 0.2) is 84.9 Å². The topological polar surface area (TPSA) is 52.9 Å². The number of ketones is 1. The molecule has 0 amide bonds. The van der Waals surface area contributed by atoms with Crippen LogP contribution in [-0.2, 0) is 13.0 Å². The number of rotatable bonds is 9. The molecule has 0 spiro atoms. The fourth-order valence-corrected chi connectivity index (χ4v) is 6.77. The highest BCUT2D eigenvalue weighted by atomic mass is 16.5. The zero-order chi connectivity index (χ0) is 30.0. The minimum Gasteiger partial charge on any atom is -0.497 e. The molecule has 6 heteroatoms. The van der Waals surface area contributed by atoms with Crippen molar-refractivity contribution in [1.82, 2.24) is 9.47 Å².